The molecule has 1 aliphatic heterocycles. The fourth-order valence-corrected chi connectivity index (χ4v) is 4.62. The summed E-state index contributed by atoms with van der Waals surface area (Å²) < 4.78 is 44.8. The summed E-state index contributed by atoms with van der Waals surface area (Å²) in [6.07, 6.45) is 0. The second kappa shape index (κ2) is 9.58. The molecule has 0 aromatic heterocycles. The Hall–Kier alpha value is -2.13. The van der Waals surface area contributed by atoms with Gasteiger partial charge < -0.3 is 14.2 Å². The van der Waals surface area contributed by atoms with Gasteiger partial charge in [-0.05, 0) is 24.6 Å². The second-order valence-electron chi connectivity index (χ2n) is 6.94. The number of aryl methyl sites for hydroxylation is 1. The summed E-state index contributed by atoms with van der Waals surface area (Å²) in [6.45, 7) is 5.06. The lowest BCUT2D eigenvalue weighted by molar-refractivity contribution is 0.0172. The number of nitrogens with one attached hydrogen (secondary N) is 1. The maximum absolute atomic E-state index is 13.1. The molecule has 1 N–H and O–H groups in total. The van der Waals surface area contributed by atoms with Crippen LogP contribution in [0.1, 0.15) is 17.2 Å². The fraction of sp³-hybridized carbons (Fsp3) is 0.429. The van der Waals surface area contributed by atoms with Crippen LogP contribution in [0.4, 0.5) is 0 Å². The first-order valence-corrected chi connectivity index (χ1v) is 11.0. The lowest BCUT2D eigenvalue weighted by atomic mass is 10.0. The van der Waals surface area contributed by atoms with Crippen molar-refractivity contribution in [1.29, 1.82) is 0 Å². The summed E-state index contributed by atoms with van der Waals surface area (Å²) in [7, 11) is -0.853. The number of hydrogen-bond donors (Lipinski definition) is 1. The minimum Gasteiger partial charge on any atom is -0.497 e. The van der Waals surface area contributed by atoms with Gasteiger partial charge in [-0.2, -0.15) is 0 Å². The molecule has 0 aliphatic carbocycles. The van der Waals surface area contributed by atoms with Crippen molar-refractivity contribution in [2.75, 3.05) is 47.1 Å². The Morgan fingerprint density at radius 2 is 1.76 bits per heavy atom. The van der Waals surface area contributed by atoms with Crippen molar-refractivity contribution < 1.29 is 22.6 Å². The normalized spacial score (nSPS) is 16.4. The molecule has 1 atom stereocenters. The van der Waals surface area contributed by atoms with Gasteiger partial charge >= 0.3 is 0 Å². The number of morpholine rings is 1. The largest absolute Gasteiger partial charge is 0.497 e. The second-order valence-corrected chi connectivity index (χ2v) is 8.68. The van der Waals surface area contributed by atoms with Gasteiger partial charge in [0.05, 0.1) is 27.4 Å². The highest BCUT2D eigenvalue weighted by Gasteiger charge is 2.26. The van der Waals surface area contributed by atoms with E-state index in [1.807, 2.05) is 19.1 Å². The Morgan fingerprint density at radius 3 is 2.38 bits per heavy atom. The molecule has 29 heavy (non-hydrogen) atoms. The van der Waals surface area contributed by atoms with Crippen molar-refractivity contribution in [2.45, 2.75) is 17.9 Å². The molecule has 0 amide bonds. The smallest absolute Gasteiger partial charge is 0.244 e. The quantitative estimate of drug-likeness (QED) is 0.707. The third-order valence-corrected chi connectivity index (χ3v) is 6.52. The van der Waals surface area contributed by atoms with E-state index >= 15 is 0 Å². The fourth-order valence-electron chi connectivity index (χ4n) is 3.40. The van der Waals surface area contributed by atoms with E-state index in [0.29, 0.717) is 19.0 Å². The molecule has 8 heteroatoms. The molecule has 1 aliphatic rings. The molecule has 158 valence electrons. The van der Waals surface area contributed by atoms with E-state index in [0.717, 1.165) is 24.2 Å². The van der Waals surface area contributed by atoms with Crippen LogP contribution in [0, 0.1) is 6.92 Å². The van der Waals surface area contributed by atoms with Gasteiger partial charge in [-0.1, -0.05) is 29.8 Å². The van der Waals surface area contributed by atoms with Crippen LogP contribution >= 0.6 is 0 Å². The molecule has 0 spiro atoms. The minimum absolute atomic E-state index is 0.0592. The van der Waals surface area contributed by atoms with Crippen LogP contribution in [0.5, 0.6) is 11.5 Å². The third-order valence-electron chi connectivity index (χ3n) is 5.08. The standard InChI is InChI=1S/C21H28N2O5S/c1-16-4-6-17(7-5-16)19(23-10-12-28-13-11-23)15-22-29(24,25)21-14-18(26-2)8-9-20(21)27-3/h4-9,14,19,22H,10-13,15H2,1-3H3/t19-/m0/s1. The summed E-state index contributed by atoms with van der Waals surface area (Å²) in [4.78, 5) is 2.31. The SMILES string of the molecule is COc1ccc(OC)c(S(=O)(=O)NC[C@@H](c2ccc(C)cc2)N2CCOCC2)c1. The topological polar surface area (TPSA) is 77.1 Å². The monoisotopic (exact) mass is 420 g/mol. The Balaban J connectivity index is 1.85. The first-order chi connectivity index (χ1) is 13.9. The molecule has 3 rings (SSSR count). The number of sulfonamides is 1. The molecule has 0 bridgehead atoms. The molecular weight excluding hydrogens is 392 g/mol. The van der Waals surface area contributed by atoms with E-state index in [2.05, 4.69) is 21.8 Å². The zero-order chi connectivity index (χ0) is 20.9. The van der Waals surface area contributed by atoms with Crippen LogP contribution in [0.2, 0.25) is 0 Å². The Morgan fingerprint density at radius 1 is 1.07 bits per heavy atom. The van der Waals surface area contributed by atoms with Gasteiger partial charge in [0.15, 0.2) is 0 Å². The molecule has 2 aromatic rings. The van der Waals surface area contributed by atoms with E-state index in [1.165, 1.54) is 20.3 Å². The first-order valence-electron chi connectivity index (χ1n) is 9.54. The number of hydrogen-bond acceptors (Lipinski definition) is 6. The summed E-state index contributed by atoms with van der Waals surface area (Å²) in [6, 6.07) is 12.8. The number of nitrogens with zero attached hydrogens (tertiary/aromatic N) is 1. The maximum Gasteiger partial charge on any atom is 0.244 e. The van der Waals surface area contributed by atoms with Crippen LogP contribution < -0.4 is 14.2 Å². The maximum atomic E-state index is 13.1. The molecule has 2 aromatic carbocycles. The molecule has 1 heterocycles. The molecule has 0 saturated carbocycles. The molecule has 1 saturated heterocycles. The predicted octanol–water partition coefficient (Wildman–Crippen LogP) is 2.36. The number of ether oxygens (including phenoxy) is 3. The predicted molar refractivity (Wildman–Crippen MR) is 111 cm³/mol. The highest BCUT2D eigenvalue weighted by Crippen LogP contribution is 2.29. The van der Waals surface area contributed by atoms with Crippen molar-refractivity contribution in [3.8, 4) is 11.5 Å². The first kappa shape index (κ1) is 21.6. The van der Waals surface area contributed by atoms with Crippen LogP contribution in [0.25, 0.3) is 0 Å². The van der Waals surface area contributed by atoms with E-state index in [1.54, 1.807) is 12.1 Å². The highest BCUT2D eigenvalue weighted by atomic mass is 32.2. The Labute approximate surface area is 172 Å². The summed E-state index contributed by atoms with van der Waals surface area (Å²) >= 11 is 0. The summed E-state index contributed by atoms with van der Waals surface area (Å²) in [5.74, 6) is 0.728. The van der Waals surface area contributed by atoms with E-state index < -0.39 is 10.0 Å². The average molecular weight is 421 g/mol. The van der Waals surface area contributed by atoms with Gasteiger partial charge in [0.2, 0.25) is 10.0 Å². The Bertz CT molecular complexity index is 909. The average Bonchev–Trinajstić information content (AvgIpc) is 2.75. The lowest BCUT2D eigenvalue weighted by Gasteiger charge is -2.35. The van der Waals surface area contributed by atoms with E-state index in [-0.39, 0.29) is 23.2 Å². The molecule has 0 radical (unpaired) electrons. The minimum atomic E-state index is -3.80. The highest BCUT2D eigenvalue weighted by molar-refractivity contribution is 7.89. The van der Waals surface area contributed by atoms with Crippen LogP contribution in [0.3, 0.4) is 0 Å². The van der Waals surface area contributed by atoms with E-state index in [9.17, 15) is 8.42 Å². The van der Waals surface area contributed by atoms with Crippen molar-refractivity contribution >= 4 is 10.0 Å². The van der Waals surface area contributed by atoms with Gasteiger partial charge in [-0.15, -0.1) is 0 Å². The van der Waals surface area contributed by atoms with Crippen LogP contribution in [0.15, 0.2) is 47.4 Å². The van der Waals surface area contributed by atoms with Crippen LogP contribution in [-0.4, -0.2) is 60.4 Å². The van der Waals surface area contributed by atoms with Crippen molar-refractivity contribution in [3.63, 3.8) is 0 Å². The molecule has 0 unspecified atom stereocenters. The van der Waals surface area contributed by atoms with Gasteiger partial charge in [0.25, 0.3) is 0 Å². The molecule has 1 fully saturated rings. The van der Waals surface area contributed by atoms with Crippen molar-refractivity contribution in [3.05, 3.63) is 53.6 Å². The van der Waals surface area contributed by atoms with Crippen LogP contribution in [-0.2, 0) is 14.8 Å². The number of methoxy groups -OCH3 is 2. The molecule has 7 nitrogen and oxygen atoms in total. The van der Waals surface area contributed by atoms with E-state index in [4.69, 9.17) is 14.2 Å². The Kier molecular flexibility index (Phi) is 7.13. The van der Waals surface area contributed by atoms with Gasteiger partial charge in [-0.3, -0.25) is 4.90 Å². The van der Waals surface area contributed by atoms with Gasteiger partial charge in [-0.25, -0.2) is 13.1 Å². The van der Waals surface area contributed by atoms with Crippen molar-refractivity contribution in [1.82, 2.24) is 9.62 Å². The van der Waals surface area contributed by atoms with Gasteiger partial charge in [0.1, 0.15) is 16.4 Å². The number of rotatable bonds is 8. The van der Waals surface area contributed by atoms with Crippen molar-refractivity contribution in [2.24, 2.45) is 0 Å². The zero-order valence-corrected chi connectivity index (χ0v) is 17.9. The molecular formula is C21H28N2O5S. The lowest BCUT2D eigenvalue weighted by Crippen LogP contribution is -2.43. The summed E-state index contributed by atoms with van der Waals surface area (Å²) in [5, 5.41) is 0. The third kappa shape index (κ3) is 5.27. The number of benzene rings is 2. The van der Waals surface area contributed by atoms with Gasteiger partial charge in [0, 0.05) is 31.7 Å². The summed E-state index contributed by atoms with van der Waals surface area (Å²) in [5.41, 5.74) is 2.23. The zero-order valence-electron chi connectivity index (χ0n) is 17.1.